The van der Waals surface area contributed by atoms with Crippen LogP contribution in [0.3, 0.4) is 0 Å². The van der Waals surface area contributed by atoms with Gasteiger partial charge in [0.05, 0.1) is 19.3 Å². The van der Waals surface area contributed by atoms with Gasteiger partial charge in [0.15, 0.2) is 5.96 Å². The van der Waals surface area contributed by atoms with E-state index < -0.39 is 0 Å². The quantitative estimate of drug-likeness (QED) is 0.436. The van der Waals surface area contributed by atoms with Crippen LogP contribution in [0.5, 0.6) is 0 Å². The summed E-state index contributed by atoms with van der Waals surface area (Å²) in [6, 6.07) is 0. The maximum atomic E-state index is 5.63. The second-order valence-electron chi connectivity index (χ2n) is 5.39. The van der Waals surface area contributed by atoms with Crippen molar-refractivity contribution in [3.8, 4) is 0 Å². The predicted molar refractivity (Wildman–Crippen MR) is 91.9 cm³/mol. The number of likely N-dealkylation sites (tertiary alicyclic amines) is 1. The Kier molecular flexibility index (Phi) is 8.79. The number of methoxy groups -OCH3 is 1. The summed E-state index contributed by atoms with van der Waals surface area (Å²) >= 11 is 0. The Morgan fingerprint density at radius 2 is 2.30 bits per heavy atom. The molecule has 2 aliphatic rings. The largest absolute Gasteiger partial charge is 0.384 e. The zero-order valence-electron chi connectivity index (χ0n) is 12.6. The molecule has 20 heavy (non-hydrogen) atoms. The Morgan fingerprint density at radius 3 is 2.95 bits per heavy atom. The Bertz CT molecular complexity index is 296. The molecule has 2 aliphatic heterocycles. The first kappa shape index (κ1) is 18.0. The van der Waals surface area contributed by atoms with Crippen LogP contribution >= 0.6 is 24.0 Å². The first-order chi connectivity index (χ1) is 9.33. The lowest BCUT2D eigenvalue weighted by atomic mass is 10.1. The van der Waals surface area contributed by atoms with E-state index in [9.17, 15) is 0 Å². The van der Waals surface area contributed by atoms with Crippen molar-refractivity contribution in [1.29, 1.82) is 0 Å². The van der Waals surface area contributed by atoms with E-state index in [-0.39, 0.29) is 24.0 Å². The highest BCUT2D eigenvalue weighted by molar-refractivity contribution is 14.0. The van der Waals surface area contributed by atoms with Gasteiger partial charge in [0.2, 0.25) is 0 Å². The number of hydrogen-bond donors (Lipinski definition) is 1. The van der Waals surface area contributed by atoms with E-state index in [1.54, 1.807) is 7.11 Å². The van der Waals surface area contributed by atoms with E-state index in [2.05, 4.69) is 17.1 Å². The van der Waals surface area contributed by atoms with Gasteiger partial charge in [0.25, 0.3) is 0 Å². The van der Waals surface area contributed by atoms with E-state index >= 15 is 0 Å². The maximum Gasteiger partial charge on any atom is 0.194 e. The fourth-order valence-corrected chi connectivity index (χ4v) is 2.80. The molecular weight excluding hydrogens is 369 g/mol. The summed E-state index contributed by atoms with van der Waals surface area (Å²) in [5, 5.41) is 3.39. The highest BCUT2D eigenvalue weighted by atomic mass is 127. The van der Waals surface area contributed by atoms with Crippen molar-refractivity contribution in [1.82, 2.24) is 10.2 Å². The molecule has 1 N–H and O–H groups in total. The van der Waals surface area contributed by atoms with Gasteiger partial charge in [-0.2, -0.15) is 0 Å². The van der Waals surface area contributed by atoms with Crippen LogP contribution < -0.4 is 5.32 Å². The SMILES string of the molecule is CCNC(=NCC1CCCO1)N1CCC(COC)C1.I. The molecule has 118 valence electrons. The third-order valence-electron chi connectivity index (χ3n) is 3.79. The number of hydrogen-bond acceptors (Lipinski definition) is 3. The first-order valence-corrected chi connectivity index (χ1v) is 7.47. The third-order valence-corrected chi connectivity index (χ3v) is 3.79. The second kappa shape index (κ2) is 9.78. The number of ether oxygens (including phenoxy) is 2. The minimum Gasteiger partial charge on any atom is -0.384 e. The van der Waals surface area contributed by atoms with Gasteiger partial charge in [-0.3, -0.25) is 4.99 Å². The molecule has 0 aromatic heterocycles. The number of nitrogens with one attached hydrogen (secondary N) is 1. The highest BCUT2D eigenvalue weighted by Gasteiger charge is 2.25. The lowest BCUT2D eigenvalue weighted by Crippen LogP contribution is -2.40. The van der Waals surface area contributed by atoms with Gasteiger partial charge in [-0.15, -0.1) is 24.0 Å². The molecule has 0 aromatic carbocycles. The first-order valence-electron chi connectivity index (χ1n) is 7.47. The molecule has 2 unspecified atom stereocenters. The summed E-state index contributed by atoms with van der Waals surface area (Å²) < 4.78 is 10.9. The molecule has 0 aromatic rings. The van der Waals surface area contributed by atoms with Crippen molar-refractivity contribution in [3.63, 3.8) is 0 Å². The van der Waals surface area contributed by atoms with Crippen LogP contribution in [-0.2, 0) is 9.47 Å². The minimum absolute atomic E-state index is 0. The van der Waals surface area contributed by atoms with E-state index in [1.807, 2.05) is 0 Å². The van der Waals surface area contributed by atoms with Crippen molar-refractivity contribution in [2.75, 3.05) is 46.5 Å². The van der Waals surface area contributed by atoms with E-state index in [1.165, 1.54) is 12.8 Å². The van der Waals surface area contributed by atoms with Gasteiger partial charge in [-0.1, -0.05) is 0 Å². The molecule has 0 spiro atoms. The fraction of sp³-hybridized carbons (Fsp3) is 0.929. The van der Waals surface area contributed by atoms with Crippen molar-refractivity contribution in [3.05, 3.63) is 0 Å². The lowest BCUT2D eigenvalue weighted by molar-refractivity contribution is 0.117. The summed E-state index contributed by atoms with van der Waals surface area (Å²) in [4.78, 5) is 7.09. The molecule has 2 atom stereocenters. The van der Waals surface area contributed by atoms with Crippen LogP contribution in [0, 0.1) is 5.92 Å². The molecule has 0 amide bonds. The molecule has 2 saturated heterocycles. The molecule has 2 rings (SSSR count). The van der Waals surface area contributed by atoms with Crippen LogP contribution in [0.2, 0.25) is 0 Å². The van der Waals surface area contributed by atoms with Crippen LogP contribution in [0.4, 0.5) is 0 Å². The second-order valence-corrected chi connectivity index (χ2v) is 5.39. The summed E-state index contributed by atoms with van der Waals surface area (Å²) in [5.41, 5.74) is 0. The van der Waals surface area contributed by atoms with Gasteiger partial charge in [-0.05, 0) is 26.2 Å². The maximum absolute atomic E-state index is 5.63. The standard InChI is InChI=1S/C14H27N3O2.HI/c1-3-15-14(16-9-13-5-4-8-19-13)17-7-6-12(10-17)11-18-2;/h12-13H,3-11H2,1-2H3,(H,15,16);1H. The molecule has 2 fully saturated rings. The van der Waals surface area contributed by atoms with Gasteiger partial charge >= 0.3 is 0 Å². The third kappa shape index (κ3) is 5.37. The summed E-state index contributed by atoms with van der Waals surface area (Å²) in [7, 11) is 1.78. The monoisotopic (exact) mass is 397 g/mol. The molecule has 0 bridgehead atoms. The summed E-state index contributed by atoms with van der Waals surface area (Å²) in [6.07, 6.45) is 3.84. The van der Waals surface area contributed by atoms with Gasteiger partial charge in [0, 0.05) is 39.3 Å². The van der Waals surface area contributed by atoms with Crippen molar-refractivity contribution in [2.24, 2.45) is 10.9 Å². The zero-order chi connectivity index (χ0) is 13.5. The fourth-order valence-electron chi connectivity index (χ4n) is 2.80. The number of halogens is 1. The van der Waals surface area contributed by atoms with E-state index in [0.29, 0.717) is 12.0 Å². The Morgan fingerprint density at radius 1 is 1.45 bits per heavy atom. The molecule has 6 heteroatoms. The van der Waals surface area contributed by atoms with E-state index in [4.69, 9.17) is 14.5 Å². The summed E-state index contributed by atoms with van der Waals surface area (Å²) in [5.74, 6) is 1.67. The highest BCUT2D eigenvalue weighted by Crippen LogP contribution is 2.17. The topological polar surface area (TPSA) is 46.1 Å². The average Bonchev–Trinajstić information content (AvgIpc) is 3.06. The van der Waals surface area contributed by atoms with Crippen LogP contribution in [-0.4, -0.2) is 63.5 Å². The molecule has 5 nitrogen and oxygen atoms in total. The van der Waals surface area contributed by atoms with Crippen molar-refractivity contribution >= 4 is 29.9 Å². The normalized spacial score (nSPS) is 26.7. The number of nitrogens with zero attached hydrogens (tertiary/aromatic N) is 2. The molecule has 0 saturated carbocycles. The molecular formula is C14H28IN3O2. The molecule has 0 radical (unpaired) electrons. The van der Waals surface area contributed by atoms with Crippen LogP contribution in [0.25, 0.3) is 0 Å². The van der Waals surface area contributed by atoms with Gasteiger partial charge in [-0.25, -0.2) is 0 Å². The van der Waals surface area contributed by atoms with Gasteiger partial charge in [0.1, 0.15) is 0 Å². The summed E-state index contributed by atoms with van der Waals surface area (Å²) in [6.45, 7) is 7.68. The number of aliphatic imine (C=N–C) groups is 1. The predicted octanol–water partition coefficient (Wildman–Crippen LogP) is 1.72. The van der Waals surface area contributed by atoms with Crippen LogP contribution in [0.1, 0.15) is 26.2 Å². The molecule has 0 aliphatic carbocycles. The number of guanidine groups is 1. The van der Waals surface area contributed by atoms with Crippen molar-refractivity contribution in [2.45, 2.75) is 32.3 Å². The Labute approximate surface area is 139 Å². The van der Waals surface area contributed by atoms with Crippen molar-refractivity contribution < 1.29 is 9.47 Å². The smallest absolute Gasteiger partial charge is 0.194 e. The van der Waals surface area contributed by atoms with Crippen LogP contribution in [0.15, 0.2) is 4.99 Å². The minimum atomic E-state index is 0. The zero-order valence-corrected chi connectivity index (χ0v) is 15.0. The van der Waals surface area contributed by atoms with E-state index in [0.717, 1.165) is 51.8 Å². The Hall–Kier alpha value is -0.0800. The Balaban J connectivity index is 0.00000200. The number of rotatable bonds is 5. The van der Waals surface area contributed by atoms with Gasteiger partial charge < -0.3 is 19.7 Å². The lowest BCUT2D eigenvalue weighted by Gasteiger charge is -2.22. The molecule has 2 heterocycles. The average molecular weight is 397 g/mol.